The van der Waals surface area contributed by atoms with Crippen LogP contribution in [0.15, 0.2) is 23.0 Å². The molecule has 0 radical (unpaired) electrons. The molecule has 1 aliphatic heterocycles. The fourth-order valence-corrected chi connectivity index (χ4v) is 3.62. The van der Waals surface area contributed by atoms with Crippen LogP contribution in [0.3, 0.4) is 0 Å². The fourth-order valence-electron chi connectivity index (χ4n) is 3.62. The summed E-state index contributed by atoms with van der Waals surface area (Å²) >= 11 is 0. The van der Waals surface area contributed by atoms with E-state index in [-0.39, 0.29) is 17.5 Å². The number of carbonyl (C=O) groups excluding carboxylic acids is 2. The lowest BCUT2D eigenvalue weighted by Gasteiger charge is -2.28. The first kappa shape index (κ1) is 19.2. The third-order valence-electron chi connectivity index (χ3n) is 5.23. The van der Waals surface area contributed by atoms with Crippen LogP contribution < -0.4 is 5.69 Å². The van der Waals surface area contributed by atoms with Crippen molar-refractivity contribution in [1.82, 2.24) is 18.9 Å². The molecule has 0 spiro atoms. The van der Waals surface area contributed by atoms with Crippen LogP contribution >= 0.6 is 0 Å². The first-order valence-corrected chi connectivity index (χ1v) is 9.35. The Labute approximate surface area is 159 Å². The summed E-state index contributed by atoms with van der Waals surface area (Å²) < 4.78 is 3.13. The zero-order valence-electron chi connectivity index (χ0n) is 16.8. The molecule has 1 saturated heterocycles. The first-order valence-electron chi connectivity index (χ1n) is 9.35. The molecule has 146 valence electrons. The number of hydrogen-bond acceptors (Lipinski definition) is 3. The number of aromatic nitrogens is 2. The number of nitrogens with zero attached hydrogens (tertiary/aromatic N) is 4. The molecule has 1 aromatic heterocycles. The van der Waals surface area contributed by atoms with Crippen molar-refractivity contribution in [3.8, 4) is 0 Å². The molecule has 0 bridgehead atoms. The topological polar surface area (TPSA) is 67.6 Å². The number of rotatable bonds is 1. The molecule has 7 nitrogen and oxygen atoms in total. The summed E-state index contributed by atoms with van der Waals surface area (Å²) in [6.45, 7) is 8.12. The summed E-state index contributed by atoms with van der Waals surface area (Å²) in [4.78, 5) is 41.3. The van der Waals surface area contributed by atoms with E-state index in [2.05, 4.69) is 0 Å². The number of imidazole rings is 1. The molecular formula is C20H28N4O3. The molecule has 2 amide bonds. The minimum Gasteiger partial charge on any atom is -0.340 e. The van der Waals surface area contributed by atoms with Crippen molar-refractivity contribution in [2.24, 2.45) is 19.5 Å². The van der Waals surface area contributed by atoms with E-state index in [0.717, 1.165) is 17.5 Å². The number of hydrogen-bond donors (Lipinski definition) is 0. The van der Waals surface area contributed by atoms with E-state index >= 15 is 0 Å². The van der Waals surface area contributed by atoms with Gasteiger partial charge in [-0.1, -0.05) is 20.8 Å². The summed E-state index contributed by atoms with van der Waals surface area (Å²) in [7, 11) is 3.43. The average Bonchev–Trinajstić information content (AvgIpc) is 2.81. The third-order valence-corrected chi connectivity index (χ3v) is 5.23. The molecule has 0 atom stereocenters. The number of amides is 2. The van der Waals surface area contributed by atoms with Crippen molar-refractivity contribution < 1.29 is 9.59 Å². The summed E-state index contributed by atoms with van der Waals surface area (Å²) in [6.07, 6.45) is 0.764. The van der Waals surface area contributed by atoms with Gasteiger partial charge in [0, 0.05) is 51.3 Å². The maximum Gasteiger partial charge on any atom is 0.328 e. The second kappa shape index (κ2) is 6.87. The molecule has 2 aromatic rings. The van der Waals surface area contributed by atoms with Gasteiger partial charge in [0.1, 0.15) is 0 Å². The quantitative estimate of drug-likeness (QED) is 0.764. The van der Waals surface area contributed by atoms with Gasteiger partial charge in [-0.05, 0) is 24.6 Å². The SMILES string of the molecule is Cn1c(=O)n(C)c2cc(C(=O)N3CCCN(C(=O)C(C)(C)C)CC3)ccc21. The van der Waals surface area contributed by atoms with Crippen molar-refractivity contribution in [3.05, 3.63) is 34.2 Å². The molecule has 1 aliphatic rings. The Morgan fingerprint density at radius 1 is 0.889 bits per heavy atom. The zero-order chi connectivity index (χ0) is 19.9. The summed E-state index contributed by atoms with van der Waals surface area (Å²) in [5, 5.41) is 0. The standard InChI is InChI=1S/C20H28N4O3/c1-20(2,3)18(26)24-10-6-9-23(11-12-24)17(25)14-7-8-15-16(13-14)22(5)19(27)21(15)4/h7-8,13H,6,9-12H2,1-5H3. The smallest absolute Gasteiger partial charge is 0.328 e. The van der Waals surface area contributed by atoms with Crippen LogP contribution in [0.25, 0.3) is 11.0 Å². The molecule has 0 unspecified atom stereocenters. The van der Waals surface area contributed by atoms with Gasteiger partial charge in [0.15, 0.2) is 0 Å². The van der Waals surface area contributed by atoms with Gasteiger partial charge >= 0.3 is 5.69 Å². The van der Waals surface area contributed by atoms with Crippen LogP contribution in [-0.4, -0.2) is 56.9 Å². The van der Waals surface area contributed by atoms with Gasteiger partial charge in [0.25, 0.3) is 5.91 Å². The van der Waals surface area contributed by atoms with Crippen LogP contribution in [0.2, 0.25) is 0 Å². The van der Waals surface area contributed by atoms with E-state index in [0.29, 0.717) is 31.7 Å². The Kier molecular flexibility index (Phi) is 4.88. The van der Waals surface area contributed by atoms with E-state index in [1.54, 1.807) is 40.3 Å². The highest BCUT2D eigenvalue weighted by Crippen LogP contribution is 2.20. The Balaban J connectivity index is 1.80. The molecule has 27 heavy (non-hydrogen) atoms. The highest BCUT2D eigenvalue weighted by molar-refractivity contribution is 5.97. The molecular weight excluding hydrogens is 344 g/mol. The van der Waals surface area contributed by atoms with E-state index in [1.807, 2.05) is 31.7 Å². The summed E-state index contributed by atoms with van der Waals surface area (Å²) in [5.74, 6) is 0.0655. The lowest BCUT2D eigenvalue weighted by Crippen LogP contribution is -2.42. The Morgan fingerprint density at radius 3 is 2.15 bits per heavy atom. The molecule has 3 rings (SSSR count). The first-order chi connectivity index (χ1) is 12.6. The van der Waals surface area contributed by atoms with E-state index in [4.69, 9.17) is 0 Å². The minimum absolute atomic E-state index is 0.0572. The van der Waals surface area contributed by atoms with E-state index < -0.39 is 5.41 Å². The Morgan fingerprint density at radius 2 is 1.48 bits per heavy atom. The van der Waals surface area contributed by atoms with E-state index in [9.17, 15) is 14.4 Å². The summed E-state index contributed by atoms with van der Waals surface area (Å²) in [6, 6.07) is 5.37. The Bertz CT molecular complexity index is 949. The molecule has 1 aromatic carbocycles. The van der Waals surface area contributed by atoms with Gasteiger partial charge in [-0.2, -0.15) is 0 Å². The maximum atomic E-state index is 13.0. The lowest BCUT2D eigenvalue weighted by molar-refractivity contribution is -0.139. The predicted octanol–water partition coefficient (Wildman–Crippen LogP) is 1.60. The van der Waals surface area contributed by atoms with Gasteiger partial charge < -0.3 is 9.80 Å². The third kappa shape index (κ3) is 3.50. The van der Waals surface area contributed by atoms with Gasteiger partial charge in [0.2, 0.25) is 5.91 Å². The van der Waals surface area contributed by atoms with Crippen molar-refractivity contribution >= 4 is 22.8 Å². The minimum atomic E-state index is -0.414. The molecule has 1 fully saturated rings. The maximum absolute atomic E-state index is 13.0. The van der Waals surface area contributed by atoms with Gasteiger partial charge in [-0.15, -0.1) is 0 Å². The number of benzene rings is 1. The molecule has 0 N–H and O–H groups in total. The number of fused-ring (bicyclic) bond motifs is 1. The molecule has 7 heteroatoms. The lowest BCUT2D eigenvalue weighted by atomic mass is 9.94. The normalized spacial score (nSPS) is 15.9. The second-order valence-corrected chi connectivity index (χ2v) is 8.29. The van der Waals surface area contributed by atoms with Gasteiger partial charge in [0.05, 0.1) is 11.0 Å². The summed E-state index contributed by atoms with van der Waals surface area (Å²) in [5.41, 5.74) is 1.59. The van der Waals surface area contributed by atoms with Gasteiger partial charge in [-0.25, -0.2) is 4.79 Å². The number of aryl methyl sites for hydroxylation is 2. The molecule has 0 saturated carbocycles. The van der Waals surface area contributed by atoms with Crippen molar-refractivity contribution in [2.75, 3.05) is 26.2 Å². The fraction of sp³-hybridized carbons (Fsp3) is 0.550. The van der Waals surface area contributed by atoms with Crippen LogP contribution in [0.4, 0.5) is 0 Å². The zero-order valence-corrected chi connectivity index (χ0v) is 16.8. The highest BCUT2D eigenvalue weighted by atomic mass is 16.2. The number of carbonyl (C=O) groups is 2. The largest absolute Gasteiger partial charge is 0.340 e. The van der Waals surface area contributed by atoms with Crippen molar-refractivity contribution in [3.63, 3.8) is 0 Å². The van der Waals surface area contributed by atoms with Crippen LogP contribution in [0.1, 0.15) is 37.6 Å². The van der Waals surface area contributed by atoms with E-state index in [1.165, 1.54) is 0 Å². The second-order valence-electron chi connectivity index (χ2n) is 8.29. The Hall–Kier alpha value is -2.57. The molecule has 0 aliphatic carbocycles. The van der Waals surface area contributed by atoms with Crippen LogP contribution in [0.5, 0.6) is 0 Å². The van der Waals surface area contributed by atoms with Crippen molar-refractivity contribution in [2.45, 2.75) is 27.2 Å². The van der Waals surface area contributed by atoms with Crippen LogP contribution in [-0.2, 0) is 18.9 Å². The van der Waals surface area contributed by atoms with Gasteiger partial charge in [-0.3, -0.25) is 18.7 Å². The monoisotopic (exact) mass is 372 g/mol. The molecule has 2 heterocycles. The average molecular weight is 372 g/mol. The highest BCUT2D eigenvalue weighted by Gasteiger charge is 2.29. The van der Waals surface area contributed by atoms with Crippen LogP contribution in [0, 0.1) is 5.41 Å². The van der Waals surface area contributed by atoms with Crippen molar-refractivity contribution in [1.29, 1.82) is 0 Å². The predicted molar refractivity (Wildman–Crippen MR) is 105 cm³/mol.